The summed E-state index contributed by atoms with van der Waals surface area (Å²) in [5.41, 5.74) is 7.85. The zero-order valence-corrected chi connectivity index (χ0v) is 20.3. The van der Waals surface area contributed by atoms with Crippen LogP contribution in [0.4, 0.5) is 15.3 Å². The average molecular weight is 451 g/mol. The number of methoxy groups -OCH3 is 1. The van der Waals surface area contributed by atoms with E-state index in [0.29, 0.717) is 19.6 Å². The molecule has 0 unspecified atom stereocenters. The number of nitrogens with zero attached hydrogens (tertiary/aromatic N) is 2. The maximum atomic E-state index is 13.1. The molecule has 0 saturated heterocycles. The SMILES string of the molecule is CCOC(=O)N1c2cc3c(cc2[C@@H](N(Cc2cc(C)cc(C)c2)C(=O)OC)C[C@H]1C)CCC3. The predicted octanol–water partition coefficient (Wildman–Crippen LogP) is 5.86. The number of carbonyl (C=O) groups excluding carboxylic acids is 2. The van der Waals surface area contributed by atoms with Crippen molar-refractivity contribution in [1.29, 1.82) is 0 Å². The Hall–Kier alpha value is -3.02. The van der Waals surface area contributed by atoms with Crippen molar-refractivity contribution < 1.29 is 19.1 Å². The molecule has 4 rings (SSSR count). The third-order valence-electron chi connectivity index (χ3n) is 6.75. The molecule has 2 atom stereocenters. The van der Waals surface area contributed by atoms with E-state index in [-0.39, 0.29) is 24.3 Å². The summed E-state index contributed by atoms with van der Waals surface area (Å²) in [4.78, 5) is 29.5. The molecule has 2 aromatic carbocycles. The monoisotopic (exact) mass is 450 g/mol. The lowest BCUT2D eigenvalue weighted by molar-refractivity contribution is 0.0941. The van der Waals surface area contributed by atoms with E-state index in [1.165, 1.54) is 29.4 Å². The summed E-state index contributed by atoms with van der Waals surface area (Å²) in [5.74, 6) is 0. The van der Waals surface area contributed by atoms with Gasteiger partial charge in [-0.1, -0.05) is 35.4 Å². The van der Waals surface area contributed by atoms with E-state index in [4.69, 9.17) is 9.47 Å². The highest BCUT2D eigenvalue weighted by molar-refractivity contribution is 5.91. The third kappa shape index (κ3) is 4.56. The molecule has 0 saturated carbocycles. The van der Waals surface area contributed by atoms with Gasteiger partial charge in [-0.25, -0.2) is 9.59 Å². The Bertz CT molecular complexity index is 1040. The van der Waals surface area contributed by atoms with Crippen LogP contribution in [-0.4, -0.2) is 36.8 Å². The van der Waals surface area contributed by atoms with E-state index < -0.39 is 0 Å². The van der Waals surface area contributed by atoms with Crippen LogP contribution < -0.4 is 4.90 Å². The minimum atomic E-state index is -0.359. The molecule has 2 amide bonds. The Balaban J connectivity index is 1.79. The number of rotatable bonds is 4. The van der Waals surface area contributed by atoms with Crippen molar-refractivity contribution in [2.24, 2.45) is 0 Å². The van der Waals surface area contributed by atoms with E-state index in [1.807, 2.05) is 18.7 Å². The highest BCUT2D eigenvalue weighted by atomic mass is 16.6. The summed E-state index contributed by atoms with van der Waals surface area (Å²) >= 11 is 0. The normalized spacial score (nSPS) is 19.0. The quantitative estimate of drug-likeness (QED) is 0.586. The molecule has 6 nitrogen and oxygen atoms in total. The maximum absolute atomic E-state index is 13.1. The van der Waals surface area contributed by atoms with E-state index in [1.54, 1.807) is 4.90 Å². The lowest BCUT2D eigenvalue weighted by Gasteiger charge is -2.43. The minimum Gasteiger partial charge on any atom is -0.453 e. The minimum absolute atomic E-state index is 0.118. The van der Waals surface area contributed by atoms with Gasteiger partial charge in [0.25, 0.3) is 0 Å². The first-order valence-electron chi connectivity index (χ1n) is 11.9. The van der Waals surface area contributed by atoms with Crippen molar-refractivity contribution in [2.45, 2.75) is 72.0 Å². The van der Waals surface area contributed by atoms with E-state index in [2.05, 4.69) is 44.2 Å². The number of ether oxygens (including phenoxy) is 2. The van der Waals surface area contributed by atoms with Crippen LogP contribution in [0.1, 0.15) is 66.1 Å². The van der Waals surface area contributed by atoms with Gasteiger partial charge in [-0.05, 0) is 81.7 Å². The van der Waals surface area contributed by atoms with Gasteiger partial charge < -0.3 is 9.47 Å². The number of benzene rings is 2. The Kier molecular flexibility index (Phi) is 6.63. The molecule has 0 bridgehead atoms. The van der Waals surface area contributed by atoms with Gasteiger partial charge in [0.1, 0.15) is 0 Å². The highest BCUT2D eigenvalue weighted by Gasteiger charge is 2.40. The molecule has 33 heavy (non-hydrogen) atoms. The van der Waals surface area contributed by atoms with E-state index in [9.17, 15) is 9.59 Å². The molecule has 2 aromatic rings. The third-order valence-corrected chi connectivity index (χ3v) is 6.75. The van der Waals surface area contributed by atoms with Crippen LogP contribution in [0.3, 0.4) is 0 Å². The molecular formula is C27H34N2O4. The highest BCUT2D eigenvalue weighted by Crippen LogP contribution is 2.44. The van der Waals surface area contributed by atoms with Crippen molar-refractivity contribution in [1.82, 2.24) is 4.90 Å². The van der Waals surface area contributed by atoms with Gasteiger partial charge >= 0.3 is 12.2 Å². The summed E-state index contributed by atoms with van der Waals surface area (Å²) in [6, 6.07) is 10.4. The van der Waals surface area contributed by atoms with Gasteiger partial charge in [0.15, 0.2) is 0 Å². The van der Waals surface area contributed by atoms with Crippen LogP contribution in [0.2, 0.25) is 0 Å². The zero-order valence-electron chi connectivity index (χ0n) is 20.3. The molecule has 6 heteroatoms. The molecule has 0 aromatic heterocycles. The van der Waals surface area contributed by atoms with E-state index >= 15 is 0 Å². The van der Waals surface area contributed by atoms with Crippen LogP contribution in [0.25, 0.3) is 0 Å². The number of hydrogen-bond acceptors (Lipinski definition) is 4. The molecule has 1 heterocycles. The first-order valence-corrected chi connectivity index (χ1v) is 11.9. The first-order chi connectivity index (χ1) is 15.8. The molecular weight excluding hydrogens is 416 g/mol. The summed E-state index contributed by atoms with van der Waals surface area (Å²) < 4.78 is 10.6. The molecule has 1 aliphatic carbocycles. The Morgan fingerprint density at radius 2 is 1.73 bits per heavy atom. The van der Waals surface area contributed by atoms with Crippen molar-refractivity contribution in [2.75, 3.05) is 18.6 Å². The fraction of sp³-hybridized carbons (Fsp3) is 0.481. The van der Waals surface area contributed by atoms with Gasteiger partial charge in [0, 0.05) is 12.6 Å². The van der Waals surface area contributed by atoms with Crippen molar-refractivity contribution in [3.05, 3.63) is 63.7 Å². The fourth-order valence-corrected chi connectivity index (χ4v) is 5.44. The molecule has 0 spiro atoms. The summed E-state index contributed by atoms with van der Waals surface area (Å²) in [6.45, 7) is 8.75. The van der Waals surface area contributed by atoms with Gasteiger partial charge in [0.2, 0.25) is 0 Å². The average Bonchev–Trinajstić information content (AvgIpc) is 3.22. The number of fused-ring (bicyclic) bond motifs is 2. The Morgan fingerprint density at radius 1 is 1.06 bits per heavy atom. The molecule has 1 aliphatic heterocycles. The van der Waals surface area contributed by atoms with Gasteiger partial charge in [-0.2, -0.15) is 0 Å². The van der Waals surface area contributed by atoms with Crippen LogP contribution in [0.15, 0.2) is 30.3 Å². The summed E-state index contributed by atoms with van der Waals surface area (Å²) in [7, 11) is 1.43. The van der Waals surface area contributed by atoms with Gasteiger partial charge in [-0.3, -0.25) is 9.80 Å². The second-order valence-corrected chi connectivity index (χ2v) is 9.30. The number of hydrogen-bond donors (Lipinski definition) is 0. The van der Waals surface area contributed by atoms with Gasteiger partial charge in [0.05, 0.1) is 25.4 Å². The van der Waals surface area contributed by atoms with Crippen molar-refractivity contribution >= 4 is 17.9 Å². The molecule has 2 aliphatic rings. The smallest absolute Gasteiger partial charge is 0.414 e. The second-order valence-electron chi connectivity index (χ2n) is 9.30. The van der Waals surface area contributed by atoms with Crippen molar-refractivity contribution in [3.8, 4) is 0 Å². The largest absolute Gasteiger partial charge is 0.453 e. The first kappa shape index (κ1) is 23.1. The summed E-state index contributed by atoms with van der Waals surface area (Å²) in [5, 5.41) is 0. The van der Waals surface area contributed by atoms with Crippen LogP contribution in [0.5, 0.6) is 0 Å². The Morgan fingerprint density at radius 3 is 2.36 bits per heavy atom. The van der Waals surface area contributed by atoms with E-state index in [0.717, 1.165) is 36.1 Å². The zero-order chi connectivity index (χ0) is 23.7. The number of amides is 2. The van der Waals surface area contributed by atoms with Gasteiger partial charge in [-0.15, -0.1) is 0 Å². The summed E-state index contributed by atoms with van der Waals surface area (Å²) in [6.07, 6.45) is 3.08. The molecule has 0 N–H and O–H groups in total. The Labute approximate surface area is 196 Å². The number of aryl methyl sites for hydroxylation is 4. The lowest BCUT2D eigenvalue weighted by Crippen LogP contribution is -2.47. The fourth-order valence-electron chi connectivity index (χ4n) is 5.44. The number of carbonyl (C=O) groups is 2. The van der Waals surface area contributed by atoms with Crippen molar-refractivity contribution in [3.63, 3.8) is 0 Å². The molecule has 176 valence electrons. The van der Waals surface area contributed by atoms with Crippen LogP contribution >= 0.6 is 0 Å². The lowest BCUT2D eigenvalue weighted by atomic mass is 9.88. The predicted molar refractivity (Wildman–Crippen MR) is 129 cm³/mol. The second kappa shape index (κ2) is 9.46. The molecule has 0 radical (unpaired) electrons. The topological polar surface area (TPSA) is 59.1 Å². The van der Waals surface area contributed by atoms with Crippen LogP contribution in [0, 0.1) is 13.8 Å². The molecule has 0 fully saturated rings. The number of anilines is 1. The maximum Gasteiger partial charge on any atom is 0.414 e. The standard InChI is InChI=1S/C27H34N2O4/c1-6-33-27(31)29-19(4)13-24(23-14-21-8-7-9-22(21)15-25(23)29)28(26(30)32-5)16-20-11-17(2)10-18(3)12-20/h10-12,14-15,19,24H,6-9,13,16H2,1-5H3/t19-,24+/m1/s1. The van der Waals surface area contributed by atoms with Crippen LogP contribution in [-0.2, 0) is 28.9 Å².